The van der Waals surface area contributed by atoms with Gasteiger partial charge in [-0.2, -0.15) is 21.8 Å². The molecule has 0 radical (unpaired) electrons. The molecule has 0 spiro atoms. The molecule has 6 nitrogen and oxygen atoms in total. The predicted molar refractivity (Wildman–Crippen MR) is 82.1 cm³/mol. The average molecular weight is 297 g/mol. The molecule has 0 saturated carbocycles. The molecular formula is C13H23N5OS. The van der Waals surface area contributed by atoms with E-state index in [9.17, 15) is 4.79 Å². The highest BCUT2D eigenvalue weighted by atomic mass is 32.2. The van der Waals surface area contributed by atoms with Crippen LogP contribution in [-0.2, 0) is 11.8 Å². The molecule has 1 saturated heterocycles. The minimum absolute atomic E-state index is 0.0198. The molecule has 112 valence electrons. The molecule has 1 aliphatic rings. The van der Waals surface area contributed by atoms with Gasteiger partial charge in [-0.3, -0.25) is 10.1 Å². The van der Waals surface area contributed by atoms with Crippen LogP contribution in [0.2, 0.25) is 0 Å². The Hall–Kier alpha value is -1.08. The molecule has 0 unspecified atom stereocenters. The van der Waals surface area contributed by atoms with E-state index in [-0.39, 0.29) is 5.91 Å². The number of anilines is 1. The van der Waals surface area contributed by atoms with Crippen LogP contribution in [0.15, 0.2) is 0 Å². The highest BCUT2D eigenvalue weighted by Crippen LogP contribution is 2.23. The van der Waals surface area contributed by atoms with Gasteiger partial charge >= 0.3 is 0 Å². The van der Waals surface area contributed by atoms with Crippen LogP contribution >= 0.6 is 11.8 Å². The molecule has 20 heavy (non-hydrogen) atoms. The van der Waals surface area contributed by atoms with Crippen molar-refractivity contribution in [3.05, 3.63) is 5.82 Å². The van der Waals surface area contributed by atoms with Crippen LogP contribution in [0, 0.1) is 0 Å². The first kappa shape index (κ1) is 15.3. The van der Waals surface area contributed by atoms with Crippen LogP contribution in [0.5, 0.6) is 0 Å². The Morgan fingerprint density at radius 2 is 2.25 bits per heavy atom. The van der Waals surface area contributed by atoms with E-state index in [0.717, 1.165) is 43.9 Å². The summed E-state index contributed by atoms with van der Waals surface area (Å²) in [5.41, 5.74) is 0. The van der Waals surface area contributed by atoms with Crippen LogP contribution in [-0.4, -0.2) is 45.8 Å². The number of hydrogen-bond acceptors (Lipinski definition) is 5. The molecule has 1 aromatic heterocycles. The molecule has 2 heterocycles. The van der Waals surface area contributed by atoms with Crippen LogP contribution in [0.1, 0.15) is 37.4 Å². The first-order valence-corrected chi connectivity index (χ1v) is 8.50. The van der Waals surface area contributed by atoms with Crippen molar-refractivity contribution >= 4 is 23.6 Å². The molecule has 0 bridgehead atoms. The SMILES string of the molecule is CSCCCC(=O)Nc1nc(C2CCNCC2)nn1C. The second-order valence-electron chi connectivity index (χ2n) is 5.09. The third kappa shape index (κ3) is 4.21. The summed E-state index contributed by atoms with van der Waals surface area (Å²) in [4.78, 5) is 16.3. The summed E-state index contributed by atoms with van der Waals surface area (Å²) in [5, 5.41) is 10.6. The standard InChI is InChI=1S/C13H23N5OS/c1-18-13(15-11(19)4-3-9-20-2)16-12(17-18)10-5-7-14-8-6-10/h10,14H,3-9H2,1-2H3,(H,15,16,17,19). The molecule has 2 rings (SSSR count). The minimum Gasteiger partial charge on any atom is -0.317 e. The van der Waals surface area contributed by atoms with Gasteiger partial charge in [-0.25, -0.2) is 4.68 Å². The van der Waals surface area contributed by atoms with E-state index in [4.69, 9.17) is 0 Å². The zero-order valence-electron chi connectivity index (χ0n) is 12.2. The van der Waals surface area contributed by atoms with Gasteiger partial charge in [0.05, 0.1) is 0 Å². The largest absolute Gasteiger partial charge is 0.317 e. The van der Waals surface area contributed by atoms with E-state index in [1.54, 1.807) is 16.4 Å². The number of hydrogen-bond donors (Lipinski definition) is 2. The van der Waals surface area contributed by atoms with Crippen molar-refractivity contribution in [3.8, 4) is 0 Å². The van der Waals surface area contributed by atoms with Crippen LogP contribution < -0.4 is 10.6 Å². The van der Waals surface area contributed by atoms with Crippen LogP contribution in [0.3, 0.4) is 0 Å². The van der Waals surface area contributed by atoms with Crippen molar-refractivity contribution in [1.82, 2.24) is 20.1 Å². The highest BCUT2D eigenvalue weighted by Gasteiger charge is 2.21. The van der Waals surface area contributed by atoms with Gasteiger partial charge < -0.3 is 5.32 Å². The fourth-order valence-corrected chi connectivity index (χ4v) is 2.76. The van der Waals surface area contributed by atoms with Gasteiger partial charge in [0.25, 0.3) is 0 Å². The zero-order chi connectivity index (χ0) is 14.4. The van der Waals surface area contributed by atoms with Crippen molar-refractivity contribution in [2.45, 2.75) is 31.6 Å². The Bertz CT molecular complexity index is 442. The summed E-state index contributed by atoms with van der Waals surface area (Å²) in [5.74, 6) is 2.85. The van der Waals surface area contributed by atoms with Gasteiger partial charge in [0.15, 0.2) is 5.82 Å². The molecule has 7 heteroatoms. The summed E-state index contributed by atoms with van der Waals surface area (Å²) in [6.07, 6.45) is 5.60. The van der Waals surface area contributed by atoms with Crippen LogP contribution in [0.4, 0.5) is 5.95 Å². The molecule has 2 N–H and O–H groups in total. The molecular weight excluding hydrogens is 274 g/mol. The molecule has 1 aliphatic heterocycles. The van der Waals surface area contributed by atoms with Crippen molar-refractivity contribution in [1.29, 1.82) is 0 Å². The lowest BCUT2D eigenvalue weighted by Gasteiger charge is -2.19. The van der Waals surface area contributed by atoms with Gasteiger partial charge in [0.2, 0.25) is 11.9 Å². The lowest BCUT2D eigenvalue weighted by Crippen LogP contribution is -2.27. The fourth-order valence-electron chi connectivity index (χ4n) is 2.33. The van der Waals surface area contributed by atoms with E-state index < -0.39 is 0 Å². The number of aromatic nitrogens is 3. The Labute approximate surface area is 124 Å². The van der Waals surface area contributed by atoms with Crippen LogP contribution in [0.25, 0.3) is 0 Å². The van der Waals surface area contributed by atoms with Gasteiger partial charge in [0, 0.05) is 19.4 Å². The number of aryl methyl sites for hydroxylation is 1. The Morgan fingerprint density at radius 1 is 1.50 bits per heavy atom. The van der Waals surface area contributed by atoms with E-state index in [1.165, 1.54) is 0 Å². The molecule has 1 aromatic rings. The average Bonchev–Trinajstić information content (AvgIpc) is 2.81. The number of nitrogens with one attached hydrogen (secondary N) is 2. The third-order valence-electron chi connectivity index (χ3n) is 3.49. The maximum Gasteiger partial charge on any atom is 0.227 e. The monoisotopic (exact) mass is 297 g/mol. The summed E-state index contributed by atoms with van der Waals surface area (Å²) >= 11 is 1.76. The normalized spacial score (nSPS) is 16.3. The quantitative estimate of drug-likeness (QED) is 0.776. The van der Waals surface area contributed by atoms with Crippen molar-refractivity contribution in [3.63, 3.8) is 0 Å². The number of amides is 1. The molecule has 0 aromatic carbocycles. The fraction of sp³-hybridized carbons (Fsp3) is 0.769. The second-order valence-corrected chi connectivity index (χ2v) is 6.07. The first-order valence-electron chi connectivity index (χ1n) is 7.11. The number of nitrogens with zero attached hydrogens (tertiary/aromatic N) is 3. The summed E-state index contributed by atoms with van der Waals surface area (Å²) in [6, 6.07) is 0. The summed E-state index contributed by atoms with van der Waals surface area (Å²) < 4.78 is 1.67. The van der Waals surface area contributed by atoms with Gasteiger partial charge in [0.1, 0.15) is 0 Å². The van der Waals surface area contributed by atoms with E-state index in [1.807, 2.05) is 13.3 Å². The number of thioether (sulfide) groups is 1. The topological polar surface area (TPSA) is 71.8 Å². The Kier molecular flexibility index (Phi) is 5.85. The second kappa shape index (κ2) is 7.64. The van der Waals surface area contributed by atoms with Crippen molar-refractivity contribution in [2.24, 2.45) is 7.05 Å². The van der Waals surface area contributed by atoms with E-state index >= 15 is 0 Å². The maximum atomic E-state index is 11.8. The minimum atomic E-state index is 0.0198. The first-order chi connectivity index (χ1) is 9.70. The smallest absolute Gasteiger partial charge is 0.227 e. The van der Waals surface area contributed by atoms with Gasteiger partial charge in [-0.15, -0.1) is 0 Å². The third-order valence-corrected chi connectivity index (χ3v) is 4.18. The maximum absolute atomic E-state index is 11.8. The molecule has 0 aliphatic carbocycles. The van der Waals surface area contributed by atoms with Crippen molar-refractivity contribution in [2.75, 3.05) is 30.4 Å². The molecule has 1 amide bonds. The predicted octanol–water partition coefficient (Wildman–Crippen LogP) is 1.36. The summed E-state index contributed by atoms with van der Waals surface area (Å²) in [7, 11) is 1.83. The molecule has 1 fully saturated rings. The Morgan fingerprint density at radius 3 is 2.95 bits per heavy atom. The molecule has 0 atom stereocenters. The number of piperidine rings is 1. The van der Waals surface area contributed by atoms with Crippen molar-refractivity contribution < 1.29 is 4.79 Å². The number of carbonyl (C=O) groups is 1. The Balaban J connectivity index is 1.91. The lowest BCUT2D eigenvalue weighted by molar-refractivity contribution is -0.116. The summed E-state index contributed by atoms with van der Waals surface area (Å²) in [6.45, 7) is 2.03. The van der Waals surface area contributed by atoms with E-state index in [0.29, 0.717) is 18.3 Å². The van der Waals surface area contributed by atoms with Gasteiger partial charge in [-0.05, 0) is 44.4 Å². The lowest BCUT2D eigenvalue weighted by atomic mass is 9.98. The number of rotatable bonds is 6. The van der Waals surface area contributed by atoms with Gasteiger partial charge in [-0.1, -0.05) is 0 Å². The zero-order valence-corrected chi connectivity index (χ0v) is 13.0. The number of carbonyl (C=O) groups excluding carboxylic acids is 1. The van der Waals surface area contributed by atoms with E-state index in [2.05, 4.69) is 20.7 Å². The highest BCUT2D eigenvalue weighted by molar-refractivity contribution is 7.98.